The van der Waals surface area contributed by atoms with E-state index >= 15 is 0 Å². The molecule has 2 aliphatic heterocycles. The standard InChI is InChI=1S/C29H37ClN4O6/c1-4-38-27-19-21(8-11-26(27)37-3)25-7-6-12-34(31-25)28(35)23-10-9-22(20-24(23)30)40-18-17-32-13-15-33(16-14-32)29(36)39-5-2/h8-11,19-20H,4-7,12-18H2,1-3H3. The van der Waals surface area contributed by atoms with Gasteiger partial charge in [0.05, 0.1) is 36.6 Å². The summed E-state index contributed by atoms with van der Waals surface area (Å²) >= 11 is 6.52. The van der Waals surface area contributed by atoms with Crippen LogP contribution in [0.4, 0.5) is 4.79 Å². The van der Waals surface area contributed by atoms with Gasteiger partial charge in [-0.15, -0.1) is 0 Å². The van der Waals surface area contributed by atoms with E-state index in [1.807, 2.05) is 25.1 Å². The molecule has 40 heavy (non-hydrogen) atoms. The lowest BCUT2D eigenvalue weighted by Crippen LogP contribution is -2.49. The highest BCUT2D eigenvalue weighted by molar-refractivity contribution is 6.34. The van der Waals surface area contributed by atoms with Gasteiger partial charge < -0.3 is 23.8 Å². The molecule has 0 unspecified atom stereocenters. The van der Waals surface area contributed by atoms with Gasteiger partial charge in [0.2, 0.25) is 0 Å². The zero-order valence-corrected chi connectivity index (χ0v) is 24.1. The molecular formula is C29H37ClN4O6. The van der Waals surface area contributed by atoms with E-state index in [2.05, 4.69) is 10.0 Å². The normalized spacial score (nSPS) is 15.8. The highest BCUT2D eigenvalue weighted by atomic mass is 35.5. The highest BCUT2D eigenvalue weighted by Crippen LogP contribution is 2.30. The van der Waals surface area contributed by atoms with Crippen LogP contribution in [0.15, 0.2) is 41.5 Å². The Kier molecular flexibility index (Phi) is 10.5. The van der Waals surface area contributed by atoms with Crippen LogP contribution in [0.1, 0.15) is 42.6 Å². The predicted molar refractivity (Wildman–Crippen MR) is 153 cm³/mol. The molecule has 2 heterocycles. The molecule has 2 aliphatic rings. The third kappa shape index (κ3) is 7.37. The number of piperazine rings is 1. The fourth-order valence-corrected chi connectivity index (χ4v) is 4.93. The van der Waals surface area contributed by atoms with Crippen LogP contribution in [0.3, 0.4) is 0 Å². The summed E-state index contributed by atoms with van der Waals surface area (Å²) in [6.07, 6.45) is 1.28. The first-order valence-electron chi connectivity index (χ1n) is 13.7. The van der Waals surface area contributed by atoms with Gasteiger partial charge in [-0.1, -0.05) is 11.6 Å². The molecule has 1 saturated heterocycles. The van der Waals surface area contributed by atoms with Crippen LogP contribution in [-0.2, 0) is 4.74 Å². The highest BCUT2D eigenvalue weighted by Gasteiger charge is 2.24. The number of hydrogen-bond acceptors (Lipinski definition) is 8. The van der Waals surface area contributed by atoms with Gasteiger partial charge in [0.15, 0.2) is 11.5 Å². The molecule has 1 fully saturated rings. The Morgan fingerprint density at radius 1 is 0.950 bits per heavy atom. The van der Waals surface area contributed by atoms with E-state index < -0.39 is 0 Å². The Balaban J connectivity index is 1.33. The molecule has 0 bridgehead atoms. The van der Waals surface area contributed by atoms with Gasteiger partial charge >= 0.3 is 6.09 Å². The molecule has 0 radical (unpaired) electrons. The van der Waals surface area contributed by atoms with Crippen LogP contribution >= 0.6 is 11.6 Å². The summed E-state index contributed by atoms with van der Waals surface area (Å²) in [6, 6.07) is 10.8. The Morgan fingerprint density at radius 3 is 2.45 bits per heavy atom. The summed E-state index contributed by atoms with van der Waals surface area (Å²) in [4.78, 5) is 29.1. The van der Waals surface area contributed by atoms with Crippen molar-refractivity contribution in [3.63, 3.8) is 0 Å². The van der Waals surface area contributed by atoms with E-state index in [-0.39, 0.29) is 12.0 Å². The molecule has 0 saturated carbocycles. The summed E-state index contributed by atoms with van der Waals surface area (Å²) in [6.45, 7) is 9.11. The predicted octanol–water partition coefficient (Wildman–Crippen LogP) is 4.54. The number of nitrogens with zero attached hydrogens (tertiary/aromatic N) is 4. The average Bonchev–Trinajstić information content (AvgIpc) is 2.97. The van der Waals surface area contributed by atoms with Gasteiger partial charge in [-0.25, -0.2) is 9.80 Å². The van der Waals surface area contributed by atoms with E-state index in [1.54, 1.807) is 37.1 Å². The van der Waals surface area contributed by atoms with E-state index in [1.165, 1.54) is 5.01 Å². The number of methoxy groups -OCH3 is 1. The number of halogens is 1. The van der Waals surface area contributed by atoms with Crippen LogP contribution in [0, 0.1) is 0 Å². The minimum Gasteiger partial charge on any atom is -0.493 e. The van der Waals surface area contributed by atoms with Gasteiger partial charge in [-0.2, -0.15) is 5.10 Å². The number of hydrazone groups is 1. The number of carbonyl (C=O) groups excluding carboxylic acids is 2. The summed E-state index contributed by atoms with van der Waals surface area (Å²) in [5.41, 5.74) is 2.07. The Hall–Kier alpha value is -3.50. The van der Waals surface area contributed by atoms with Crippen molar-refractivity contribution in [3.8, 4) is 17.2 Å². The second-order valence-corrected chi connectivity index (χ2v) is 9.80. The summed E-state index contributed by atoms with van der Waals surface area (Å²) in [5.74, 6) is 1.63. The number of benzene rings is 2. The van der Waals surface area contributed by atoms with E-state index in [9.17, 15) is 9.59 Å². The molecule has 0 atom stereocenters. The number of rotatable bonds is 10. The fourth-order valence-electron chi connectivity index (χ4n) is 4.68. The van der Waals surface area contributed by atoms with Gasteiger partial charge in [0, 0.05) is 44.8 Å². The van der Waals surface area contributed by atoms with Crippen LogP contribution in [-0.4, -0.2) is 98.7 Å². The maximum absolute atomic E-state index is 13.3. The molecule has 0 aromatic heterocycles. The van der Waals surface area contributed by atoms with Crippen LogP contribution in [0.2, 0.25) is 5.02 Å². The van der Waals surface area contributed by atoms with E-state index in [4.69, 9.17) is 30.5 Å². The zero-order valence-electron chi connectivity index (χ0n) is 23.4. The number of hydrogen-bond donors (Lipinski definition) is 0. The monoisotopic (exact) mass is 572 g/mol. The molecule has 10 nitrogen and oxygen atoms in total. The van der Waals surface area contributed by atoms with Crippen molar-refractivity contribution in [1.29, 1.82) is 0 Å². The molecule has 0 N–H and O–H groups in total. The van der Waals surface area contributed by atoms with Gasteiger partial charge in [0.1, 0.15) is 12.4 Å². The van der Waals surface area contributed by atoms with Crippen molar-refractivity contribution in [2.75, 3.05) is 66.2 Å². The second kappa shape index (κ2) is 14.2. The first-order valence-corrected chi connectivity index (χ1v) is 14.1. The van der Waals surface area contributed by atoms with Crippen molar-refractivity contribution in [2.24, 2.45) is 5.10 Å². The van der Waals surface area contributed by atoms with Crippen LogP contribution in [0.25, 0.3) is 0 Å². The molecule has 2 amide bonds. The first kappa shape index (κ1) is 29.5. The van der Waals surface area contributed by atoms with Gasteiger partial charge in [-0.05, 0) is 63.1 Å². The summed E-state index contributed by atoms with van der Waals surface area (Å²) < 4.78 is 22.1. The number of ether oxygens (including phenoxy) is 4. The smallest absolute Gasteiger partial charge is 0.409 e. The van der Waals surface area contributed by atoms with Crippen molar-refractivity contribution in [2.45, 2.75) is 26.7 Å². The van der Waals surface area contributed by atoms with Gasteiger partial charge in [0.25, 0.3) is 5.91 Å². The van der Waals surface area contributed by atoms with E-state index in [0.717, 1.165) is 43.8 Å². The number of amides is 2. The van der Waals surface area contributed by atoms with Gasteiger partial charge in [-0.3, -0.25) is 9.69 Å². The minimum atomic E-state index is -0.259. The lowest BCUT2D eigenvalue weighted by atomic mass is 10.0. The summed E-state index contributed by atoms with van der Waals surface area (Å²) in [7, 11) is 1.60. The second-order valence-electron chi connectivity index (χ2n) is 9.39. The minimum absolute atomic E-state index is 0.258. The first-order chi connectivity index (χ1) is 19.4. The average molecular weight is 573 g/mol. The maximum atomic E-state index is 13.3. The largest absolute Gasteiger partial charge is 0.493 e. The van der Waals surface area contributed by atoms with Crippen molar-refractivity contribution >= 4 is 29.3 Å². The topological polar surface area (TPSA) is 93.1 Å². The van der Waals surface area contributed by atoms with Crippen molar-refractivity contribution in [1.82, 2.24) is 14.8 Å². The third-order valence-electron chi connectivity index (χ3n) is 6.80. The molecule has 216 valence electrons. The zero-order chi connectivity index (χ0) is 28.5. The molecule has 0 spiro atoms. The molecule has 2 aromatic rings. The van der Waals surface area contributed by atoms with Crippen molar-refractivity contribution in [3.05, 3.63) is 52.5 Å². The van der Waals surface area contributed by atoms with Crippen molar-refractivity contribution < 1.29 is 28.5 Å². The van der Waals surface area contributed by atoms with Crippen LogP contribution in [0.5, 0.6) is 17.2 Å². The molecule has 2 aromatic carbocycles. The van der Waals surface area contributed by atoms with Crippen LogP contribution < -0.4 is 14.2 Å². The Morgan fingerprint density at radius 2 is 1.75 bits per heavy atom. The lowest BCUT2D eigenvalue weighted by molar-refractivity contribution is 0.0750. The molecule has 4 rings (SSSR count). The molecular weight excluding hydrogens is 536 g/mol. The lowest BCUT2D eigenvalue weighted by Gasteiger charge is -2.33. The maximum Gasteiger partial charge on any atom is 0.409 e. The Bertz CT molecular complexity index is 1220. The van der Waals surface area contributed by atoms with E-state index in [0.29, 0.717) is 67.3 Å². The Labute approximate surface area is 240 Å². The summed E-state index contributed by atoms with van der Waals surface area (Å²) in [5, 5.41) is 6.44. The quantitative estimate of drug-likeness (QED) is 0.412. The molecule has 0 aliphatic carbocycles. The fraction of sp³-hybridized carbons (Fsp3) is 0.483. The number of carbonyl (C=O) groups is 2. The third-order valence-corrected chi connectivity index (χ3v) is 7.11. The SMILES string of the molecule is CCOC(=O)N1CCN(CCOc2ccc(C(=O)N3CCCC(c4ccc(OC)c(OCC)c4)=N3)c(Cl)c2)CC1. The molecule has 11 heteroatoms.